The zero-order chi connectivity index (χ0) is 18.5. The molecule has 4 rings (SSSR count). The second-order valence-electron chi connectivity index (χ2n) is 8.00. The number of hydrogen-bond donors (Lipinski definition) is 0. The predicted octanol–water partition coefficient (Wildman–Crippen LogP) is 3.12. The van der Waals surface area contributed by atoms with Crippen LogP contribution >= 0.6 is 0 Å². The van der Waals surface area contributed by atoms with Crippen molar-refractivity contribution in [2.45, 2.75) is 64.1 Å². The van der Waals surface area contributed by atoms with Gasteiger partial charge in [0.15, 0.2) is 5.82 Å². The average Bonchev–Trinajstić information content (AvgIpc) is 3.40. The lowest BCUT2D eigenvalue weighted by Crippen LogP contribution is -2.50. The molecule has 2 heterocycles. The van der Waals surface area contributed by atoms with Crippen LogP contribution in [0.1, 0.15) is 62.9 Å². The van der Waals surface area contributed by atoms with E-state index in [0.717, 1.165) is 44.3 Å². The highest BCUT2D eigenvalue weighted by Gasteiger charge is 2.31. The van der Waals surface area contributed by atoms with E-state index in [1.165, 1.54) is 44.3 Å². The summed E-state index contributed by atoms with van der Waals surface area (Å²) in [5.74, 6) is 1.02. The summed E-state index contributed by atoms with van der Waals surface area (Å²) < 4.78 is 2.00. The second kappa shape index (κ2) is 8.93. The molecule has 1 saturated carbocycles. The topological polar surface area (TPSA) is 50.1 Å². The Morgan fingerprint density at radius 1 is 1.04 bits per heavy atom. The Balaban J connectivity index is 1.45. The van der Waals surface area contributed by atoms with E-state index in [2.05, 4.69) is 56.5 Å². The third-order valence-electron chi connectivity index (χ3n) is 6.23. The van der Waals surface area contributed by atoms with Gasteiger partial charge in [-0.1, -0.05) is 56.5 Å². The lowest BCUT2D eigenvalue weighted by molar-refractivity contribution is 0.0627. The minimum Gasteiger partial charge on any atom is -0.298 e. The van der Waals surface area contributed by atoms with Gasteiger partial charge < -0.3 is 0 Å². The van der Waals surface area contributed by atoms with Gasteiger partial charge in [-0.05, 0) is 35.3 Å². The number of piperazine rings is 1. The molecule has 0 radical (unpaired) electrons. The van der Waals surface area contributed by atoms with Crippen LogP contribution in [0.15, 0.2) is 30.3 Å². The fraction of sp³-hybridized carbons (Fsp3) is 0.667. The summed E-state index contributed by atoms with van der Waals surface area (Å²) in [4.78, 5) is 5.33. The lowest BCUT2D eigenvalue weighted by Gasteiger charge is -2.41. The van der Waals surface area contributed by atoms with Crippen LogP contribution in [-0.2, 0) is 6.54 Å². The molecule has 1 aromatic carbocycles. The smallest absolute Gasteiger partial charge is 0.168 e. The van der Waals surface area contributed by atoms with E-state index in [1.54, 1.807) is 0 Å². The number of hydrogen-bond acceptors (Lipinski definition) is 5. The predicted molar refractivity (Wildman–Crippen MR) is 106 cm³/mol. The monoisotopic (exact) mass is 368 g/mol. The molecule has 6 nitrogen and oxygen atoms in total. The lowest BCUT2D eigenvalue weighted by atomic mass is 10.1. The van der Waals surface area contributed by atoms with E-state index in [4.69, 9.17) is 0 Å². The summed E-state index contributed by atoms with van der Waals surface area (Å²) in [6.45, 7) is 7.62. The third kappa shape index (κ3) is 4.38. The van der Waals surface area contributed by atoms with Crippen molar-refractivity contribution in [1.29, 1.82) is 0 Å². The van der Waals surface area contributed by atoms with Crippen LogP contribution in [0, 0.1) is 0 Å². The van der Waals surface area contributed by atoms with Gasteiger partial charge in [-0.25, -0.2) is 4.68 Å². The minimum absolute atomic E-state index is 0.319. The van der Waals surface area contributed by atoms with E-state index in [1.807, 2.05) is 10.7 Å². The molecule has 0 bridgehead atoms. The highest BCUT2D eigenvalue weighted by atomic mass is 15.6. The molecule has 6 heteroatoms. The van der Waals surface area contributed by atoms with E-state index in [9.17, 15) is 0 Å². The number of tetrazole rings is 1. The molecule has 0 amide bonds. The number of aromatic nitrogens is 4. The van der Waals surface area contributed by atoms with Gasteiger partial charge in [0.25, 0.3) is 0 Å². The first kappa shape index (κ1) is 18.6. The highest BCUT2D eigenvalue weighted by molar-refractivity contribution is 5.15. The van der Waals surface area contributed by atoms with E-state index in [-0.39, 0.29) is 0 Å². The van der Waals surface area contributed by atoms with Gasteiger partial charge in [0.2, 0.25) is 0 Å². The molecule has 1 saturated heterocycles. The normalized spacial score (nSPS) is 20.9. The molecule has 0 spiro atoms. The Bertz CT molecular complexity index is 686. The molecule has 2 fully saturated rings. The van der Waals surface area contributed by atoms with E-state index >= 15 is 0 Å². The molecule has 0 N–H and O–H groups in total. The number of nitrogens with zero attached hydrogens (tertiary/aromatic N) is 6. The molecule has 27 heavy (non-hydrogen) atoms. The summed E-state index contributed by atoms with van der Waals surface area (Å²) in [6, 6.07) is 11.6. The molecule has 1 unspecified atom stereocenters. The van der Waals surface area contributed by atoms with Crippen LogP contribution < -0.4 is 0 Å². The molecule has 1 aliphatic heterocycles. The van der Waals surface area contributed by atoms with Crippen molar-refractivity contribution >= 4 is 0 Å². The maximum atomic E-state index is 4.45. The first-order valence-corrected chi connectivity index (χ1v) is 10.6. The average molecular weight is 369 g/mol. The van der Waals surface area contributed by atoms with Crippen LogP contribution in [0.3, 0.4) is 0 Å². The minimum atomic E-state index is 0.319. The fourth-order valence-corrected chi connectivity index (χ4v) is 4.75. The molecule has 146 valence electrons. The van der Waals surface area contributed by atoms with Crippen LogP contribution in [0.2, 0.25) is 0 Å². The van der Waals surface area contributed by atoms with Crippen molar-refractivity contribution < 1.29 is 0 Å². The van der Waals surface area contributed by atoms with E-state index < -0.39 is 0 Å². The van der Waals surface area contributed by atoms with Crippen molar-refractivity contribution in [2.24, 2.45) is 0 Å². The van der Waals surface area contributed by atoms with Gasteiger partial charge in [-0.15, -0.1) is 5.10 Å². The van der Waals surface area contributed by atoms with Gasteiger partial charge in [0, 0.05) is 32.2 Å². The van der Waals surface area contributed by atoms with Gasteiger partial charge in [0.1, 0.15) is 0 Å². The summed E-state index contributed by atoms with van der Waals surface area (Å²) in [5.41, 5.74) is 1.24. The summed E-state index contributed by atoms with van der Waals surface area (Å²) >= 11 is 0. The van der Waals surface area contributed by atoms with Crippen molar-refractivity contribution in [3.63, 3.8) is 0 Å². The maximum absolute atomic E-state index is 4.45. The van der Waals surface area contributed by atoms with Crippen LogP contribution in [0.4, 0.5) is 0 Å². The van der Waals surface area contributed by atoms with Crippen molar-refractivity contribution in [3.05, 3.63) is 41.7 Å². The Morgan fingerprint density at radius 3 is 2.48 bits per heavy atom. The number of rotatable bonds is 7. The van der Waals surface area contributed by atoms with E-state index in [0.29, 0.717) is 6.04 Å². The Morgan fingerprint density at radius 2 is 1.78 bits per heavy atom. The van der Waals surface area contributed by atoms with Crippen LogP contribution in [0.25, 0.3) is 0 Å². The molecule has 1 aromatic heterocycles. The Hall–Kier alpha value is -1.79. The van der Waals surface area contributed by atoms with Crippen molar-refractivity contribution in [3.8, 4) is 0 Å². The highest BCUT2D eigenvalue weighted by Crippen LogP contribution is 2.28. The Kier molecular flexibility index (Phi) is 6.14. The van der Waals surface area contributed by atoms with Crippen LogP contribution in [-0.4, -0.2) is 62.2 Å². The molecular formula is C21H32N6. The van der Waals surface area contributed by atoms with Gasteiger partial charge >= 0.3 is 0 Å². The molecule has 2 aromatic rings. The summed E-state index contributed by atoms with van der Waals surface area (Å²) in [6.07, 6.45) is 7.88. The second-order valence-corrected chi connectivity index (χ2v) is 8.00. The standard InChI is InChI=1S/C21H32N6/c1-2-8-20(26-15-13-25(14-16-26)19-11-6-7-12-19)21-22-23-24-27(21)17-18-9-4-3-5-10-18/h3-5,9-10,19-20H,2,6-8,11-17H2,1H3. The largest absolute Gasteiger partial charge is 0.298 e. The molecular weight excluding hydrogens is 336 g/mol. The number of benzene rings is 1. The van der Waals surface area contributed by atoms with Gasteiger partial charge in [-0.2, -0.15) is 0 Å². The zero-order valence-corrected chi connectivity index (χ0v) is 16.5. The third-order valence-corrected chi connectivity index (χ3v) is 6.23. The van der Waals surface area contributed by atoms with Crippen molar-refractivity contribution in [2.75, 3.05) is 26.2 Å². The van der Waals surface area contributed by atoms with Gasteiger partial charge in [0.05, 0.1) is 12.6 Å². The quantitative estimate of drug-likeness (QED) is 0.751. The Labute approximate surface area is 162 Å². The van der Waals surface area contributed by atoms with Crippen molar-refractivity contribution in [1.82, 2.24) is 30.0 Å². The maximum Gasteiger partial charge on any atom is 0.168 e. The fourth-order valence-electron chi connectivity index (χ4n) is 4.75. The molecule has 1 atom stereocenters. The SMILES string of the molecule is CCCC(c1nnnn1Cc1ccccc1)N1CCN(C2CCCC2)CC1. The zero-order valence-electron chi connectivity index (χ0n) is 16.5. The summed E-state index contributed by atoms with van der Waals surface area (Å²) in [5, 5.41) is 12.8. The first-order chi connectivity index (χ1) is 13.3. The van der Waals surface area contributed by atoms with Gasteiger partial charge in [-0.3, -0.25) is 9.80 Å². The molecule has 2 aliphatic rings. The first-order valence-electron chi connectivity index (χ1n) is 10.6. The summed E-state index contributed by atoms with van der Waals surface area (Å²) in [7, 11) is 0. The van der Waals surface area contributed by atoms with Crippen LogP contribution in [0.5, 0.6) is 0 Å². The molecule has 1 aliphatic carbocycles.